The van der Waals surface area contributed by atoms with Crippen LogP contribution in [0.5, 0.6) is 0 Å². The van der Waals surface area contributed by atoms with Crippen LogP contribution in [-0.4, -0.2) is 39.3 Å². The highest BCUT2D eigenvalue weighted by molar-refractivity contribution is 5.98. The van der Waals surface area contributed by atoms with Crippen LogP contribution in [0.3, 0.4) is 0 Å². The Morgan fingerprint density at radius 1 is 1.27 bits per heavy atom. The Kier molecular flexibility index (Phi) is 4.51. The van der Waals surface area contributed by atoms with Gasteiger partial charge in [-0.2, -0.15) is 18.3 Å². The van der Waals surface area contributed by atoms with Gasteiger partial charge in [-0.05, 0) is 29.3 Å². The van der Waals surface area contributed by atoms with Crippen molar-refractivity contribution in [3.63, 3.8) is 0 Å². The number of pyridine rings is 1. The van der Waals surface area contributed by atoms with Crippen molar-refractivity contribution in [3.8, 4) is 11.1 Å². The summed E-state index contributed by atoms with van der Waals surface area (Å²) in [4.78, 5) is 26.2. The number of nitrogens with zero attached hydrogens (tertiary/aromatic N) is 1. The molecule has 3 aromatic rings. The molecule has 0 aliphatic carbocycles. The van der Waals surface area contributed by atoms with E-state index in [0.717, 1.165) is 12.1 Å². The third-order valence-electron chi connectivity index (χ3n) is 3.74. The van der Waals surface area contributed by atoms with E-state index in [2.05, 4.69) is 20.5 Å². The second kappa shape index (κ2) is 6.64. The quantitative estimate of drug-likeness (QED) is 0.563. The van der Waals surface area contributed by atoms with Crippen LogP contribution in [0.4, 0.5) is 13.2 Å². The topological polar surface area (TPSA) is 111 Å². The summed E-state index contributed by atoms with van der Waals surface area (Å²) in [6.07, 6.45) is -1.98. The van der Waals surface area contributed by atoms with Gasteiger partial charge in [-0.25, -0.2) is 0 Å². The van der Waals surface area contributed by atoms with Gasteiger partial charge in [0.25, 0.3) is 11.5 Å². The zero-order valence-electron chi connectivity index (χ0n) is 13.1. The SMILES string of the molecule is O=C(NCCO)c1cc(-c2cc(C(F)(F)F)cc3[nH]ncc23)c[nH]c1=O. The van der Waals surface area contributed by atoms with E-state index in [4.69, 9.17) is 5.11 Å². The number of carbonyl (C=O) groups is 1. The highest BCUT2D eigenvalue weighted by atomic mass is 19.4. The predicted octanol–water partition coefficient (Wildman–Crippen LogP) is 1.66. The van der Waals surface area contributed by atoms with Crippen LogP contribution in [0.15, 0.2) is 35.4 Å². The number of halogens is 3. The number of fused-ring (bicyclic) bond motifs is 1. The maximum absolute atomic E-state index is 13.1. The van der Waals surface area contributed by atoms with E-state index in [0.29, 0.717) is 5.39 Å². The minimum atomic E-state index is -4.57. The fourth-order valence-corrected chi connectivity index (χ4v) is 2.53. The molecule has 3 rings (SSSR count). The zero-order chi connectivity index (χ0) is 18.9. The number of carbonyl (C=O) groups excluding carboxylic acids is 1. The summed E-state index contributed by atoms with van der Waals surface area (Å²) in [5.74, 6) is -0.738. The van der Waals surface area contributed by atoms with Gasteiger partial charge in [0, 0.05) is 18.1 Å². The number of hydrogen-bond acceptors (Lipinski definition) is 4. The number of H-pyrrole nitrogens is 2. The third-order valence-corrected chi connectivity index (χ3v) is 3.74. The second-order valence-corrected chi connectivity index (χ2v) is 5.46. The number of hydrogen-bond donors (Lipinski definition) is 4. The molecule has 1 aromatic carbocycles. The highest BCUT2D eigenvalue weighted by Crippen LogP contribution is 2.36. The summed E-state index contributed by atoms with van der Waals surface area (Å²) in [6.45, 7) is -0.370. The van der Waals surface area contributed by atoms with Crippen LogP contribution in [0.1, 0.15) is 15.9 Å². The fourth-order valence-electron chi connectivity index (χ4n) is 2.53. The lowest BCUT2D eigenvalue weighted by molar-refractivity contribution is -0.137. The van der Waals surface area contributed by atoms with E-state index < -0.39 is 23.2 Å². The van der Waals surface area contributed by atoms with Crippen LogP contribution in [0.2, 0.25) is 0 Å². The second-order valence-electron chi connectivity index (χ2n) is 5.46. The first kappa shape index (κ1) is 17.7. The number of aromatic amines is 2. The molecule has 26 heavy (non-hydrogen) atoms. The fraction of sp³-hybridized carbons (Fsp3) is 0.188. The maximum atomic E-state index is 13.1. The standard InChI is InChI=1S/C16H13F3N4O3/c17-16(18,19)9-4-10(12-7-22-23-13(12)5-9)8-3-11(15(26)21-6-8)14(25)20-1-2-24/h3-7,24H,1-2H2,(H,20,25)(H,21,26)(H,22,23). The van der Waals surface area contributed by atoms with Crippen LogP contribution in [0, 0.1) is 0 Å². The van der Waals surface area contributed by atoms with Crippen molar-refractivity contribution in [2.75, 3.05) is 13.2 Å². The lowest BCUT2D eigenvalue weighted by atomic mass is 9.99. The molecule has 0 spiro atoms. The first-order valence-corrected chi connectivity index (χ1v) is 7.47. The molecule has 0 unspecified atom stereocenters. The monoisotopic (exact) mass is 366 g/mol. The van der Waals surface area contributed by atoms with Gasteiger partial charge in [0.2, 0.25) is 0 Å². The molecule has 2 heterocycles. The Bertz CT molecular complexity index is 1020. The normalized spacial score (nSPS) is 11.7. The molecule has 7 nitrogen and oxygen atoms in total. The van der Waals surface area contributed by atoms with Crippen LogP contribution in [0.25, 0.3) is 22.0 Å². The van der Waals surface area contributed by atoms with Gasteiger partial charge in [-0.1, -0.05) is 0 Å². The largest absolute Gasteiger partial charge is 0.416 e. The van der Waals surface area contributed by atoms with Gasteiger partial charge in [-0.15, -0.1) is 0 Å². The summed E-state index contributed by atoms with van der Waals surface area (Å²) in [6, 6.07) is 3.07. The molecular formula is C16H13F3N4O3. The molecule has 136 valence electrons. The lowest BCUT2D eigenvalue weighted by Crippen LogP contribution is -2.31. The van der Waals surface area contributed by atoms with E-state index in [1.54, 1.807) is 0 Å². The first-order valence-electron chi connectivity index (χ1n) is 7.47. The molecule has 0 saturated carbocycles. The molecular weight excluding hydrogens is 353 g/mol. The van der Waals surface area contributed by atoms with Crippen molar-refractivity contribution >= 4 is 16.8 Å². The van der Waals surface area contributed by atoms with Crippen molar-refractivity contribution in [2.24, 2.45) is 0 Å². The van der Waals surface area contributed by atoms with Gasteiger partial charge in [0.1, 0.15) is 5.56 Å². The van der Waals surface area contributed by atoms with Crippen molar-refractivity contribution in [2.45, 2.75) is 6.18 Å². The molecule has 4 N–H and O–H groups in total. The smallest absolute Gasteiger partial charge is 0.395 e. The average molecular weight is 366 g/mol. The minimum Gasteiger partial charge on any atom is -0.395 e. The zero-order valence-corrected chi connectivity index (χ0v) is 13.1. The highest BCUT2D eigenvalue weighted by Gasteiger charge is 2.32. The molecule has 0 aliphatic rings. The summed E-state index contributed by atoms with van der Waals surface area (Å²) < 4.78 is 39.4. The summed E-state index contributed by atoms with van der Waals surface area (Å²) >= 11 is 0. The number of nitrogens with one attached hydrogen (secondary N) is 3. The number of alkyl halides is 3. The van der Waals surface area contributed by atoms with E-state index in [-0.39, 0.29) is 35.4 Å². The molecule has 0 aliphatic heterocycles. The number of aliphatic hydroxyl groups is 1. The van der Waals surface area contributed by atoms with Crippen molar-refractivity contribution < 1.29 is 23.1 Å². The lowest BCUT2D eigenvalue weighted by Gasteiger charge is -2.11. The van der Waals surface area contributed by atoms with Crippen molar-refractivity contribution in [1.82, 2.24) is 20.5 Å². The maximum Gasteiger partial charge on any atom is 0.416 e. The minimum absolute atomic E-state index is 0.0575. The van der Waals surface area contributed by atoms with Crippen molar-refractivity contribution in [1.29, 1.82) is 0 Å². The average Bonchev–Trinajstić information content (AvgIpc) is 3.07. The first-order chi connectivity index (χ1) is 12.3. The number of aliphatic hydroxyl groups excluding tert-OH is 1. The van der Waals surface area contributed by atoms with Crippen molar-refractivity contribution in [3.05, 3.63) is 52.1 Å². The molecule has 0 radical (unpaired) electrons. The number of amides is 1. The summed E-state index contributed by atoms with van der Waals surface area (Å²) in [5, 5.41) is 17.7. The van der Waals surface area contributed by atoms with Gasteiger partial charge >= 0.3 is 6.18 Å². The van der Waals surface area contributed by atoms with Gasteiger partial charge in [-0.3, -0.25) is 14.7 Å². The Labute approximate surface area is 143 Å². The predicted molar refractivity (Wildman–Crippen MR) is 86.6 cm³/mol. The Morgan fingerprint density at radius 3 is 2.73 bits per heavy atom. The van der Waals surface area contributed by atoms with Gasteiger partial charge in [0.15, 0.2) is 0 Å². The molecule has 10 heteroatoms. The molecule has 0 bridgehead atoms. The Hall–Kier alpha value is -3.14. The molecule has 1 amide bonds. The van der Waals surface area contributed by atoms with E-state index in [1.807, 2.05) is 0 Å². The Balaban J connectivity index is 2.16. The molecule has 0 atom stereocenters. The van der Waals surface area contributed by atoms with E-state index in [1.165, 1.54) is 18.5 Å². The van der Waals surface area contributed by atoms with Gasteiger partial charge < -0.3 is 15.4 Å². The molecule has 0 saturated heterocycles. The summed E-state index contributed by atoms with van der Waals surface area (Å²) in [5.41, 5.74) is -1.30. The van der Waals surface area contributed by atoms with Gasteiger partial charge in [0.05, 0.1) is 23.9 Å². The van der Waals surface area contributed by atoms with Crippen LogP contribution in [-0.2, 0) is 6.18 Å². The van der Waals surface area contributed by atoms with E-state index in [9.17, 15) is 22.8 Å². The number of benzene rings is 1. The van der Waals surface area contributed by atoms with E-state index >= 15 is 0 Å². The summed E-state index contributed by atoms with van der Waals surface area (Å²) in [7, 11) is 0. The van der Waals surface area contributed by atoms with Crippen LogP contribution < -0.4 is 10.9 Å². The third kappa shape index (κ3) is 3.31. The number of rotatable bonds is 4. The Morgan fingerprint density at radius 2 is 2.04 bits per heavy atom. The van der Waals surface area contributed by atoms with Crippen LogP contribution >= 0.6 is 0 Å². The number of aromatic nitrogens is 3. The molecule has 2 aromatic heterocycles. The molecule has 0 fully saturated rings.